The van der Waals surface area contributed by atoms with Gasteiger partial charge >= 0.3 is 6.03 Å². The minimum Gasteiger partial charge on any atom is -0.331 e. The average molecular weight is 333 g/mol. The Balaban J connectivity index is 1.55. The van der Waals surface area contributed by atoms with E-state index in [4.69, 9.17) is 0 Å². The van der Waals surface area contributed by atoms with Gasteiger partial charge in [-0.1, -0.05) is 30.3 Å². The molecular weight excluding hydrogens is 314 g/mol. The SMILES string of the molecule is O=C(NCc1nc(-c2ccccc2)cs1)N1CCCSCC1. The lowest BCUT2D eigenvalue weighted by Gasteiger charge is -2.20. The van der Waals surface area contributed by atoms with E-state index in [1.54, 1.807) is 11.3 Å². The van der Waals surface area contributed by atoms with Crippen molar-refractivity contribution >= 4 is 29.1 Å². The molecule has 0 aliphatic carbocycles. The molecule has 2 aromatic rings. The number of aromatic nitrogens is 1. The molecule has 1 aliphatic rings. The van der Waals surface area contributed by atoms with E-state index in [-0.39, 0.29) is 6.03 Å². The van der Waals surface area contributed by atoms with Gasteiger partial charge in [0.2, 0.25) is 0 Å². The van der Waals surface area contributed by atoms with E-state index in [1.165, 1.54) is 0 Å². The quantitative estimate of drug-likeness (QED) is 0.935. The maximum Gasteiger partial charge on any atom is 0.317 e. The first-order chi connectivity index (χ1) is 10.8. The van der Waals surface area contributed by atoms with Crippen LogP contribution in [0, 0.1) is 0 Å². The molecule has 0 bridgehead atoms. The maximum absolute atomic E-state index is 12.2. The van der Waals surface area contributed by atoms with Gasteiger partial charge in [-0.05, 0) is 12.2 Å². The number of carbonyl (C=O) groups is 1. The number of nitrogens with zero attached hydrogens (tertiary/aromatic N) is 2. The predicted octanol–water partition coefficient (Wildman–Crippen LogP) is 3.46. The summed E-state index contributed by atoms with van der Waals surface area (Å²) in [6, 6.07) is 10.1. The first-order valence-corrected chi connectivity index (χ1v) is 9.47. The lowest BCUT2D eigenvalue weighted by Crippen LogP contribution is -2.40. The molecular formula is C16H19N3OS2. The molecule has 1 fully saturated rings. The summed E-state index contributed by atoms with van der Waals surface area (Å²) in [5.74, 6) is 2.18. The van der Waals surface area contributed by atoms with Crippen molar-refractivity contribution in [1.82, 2.24) is 15.2 Å². The third kappa shape index (κ3) is 4.01. The van der Waals surface area contributed by atoms with Crippen LogP contribution in [0.5, 0.6) is 0 Å². The smallest absolute Gasteiger partial charge is 0.317 e. The molecule has 22 heavy (non-hydrogen) atoms. The summed E-state index contributed by atoms with van der Waals surface area (Å²) in [6.45, 7) is 2.19. The molecule has 1 aromatic heterocycles. The van der Waals surface area contributed by atoms with Gasteiger partial charge in [-0.15, -0.1) is 11.3 Å². The highest BCUT2D eigenvalue weighted by Crippen LogP contribution is 2.21. The van der Waals surface area contributed by atoms with Crippen LogP contribution in [0.15, 0.2) is 35.7 Å². The Bertz CT molecular complexity index is 607. The van der Waals surface area contributed by atoms with Crippen LogP contribution in [-0.4, -0.2) is 40.5 Å². The zero-order valence-corrected chi connectivity index (χ0v) is 14.0. The molecule has 1 aromatic carbocycles. The molecule has 0 saturated carbocycles. The average Bonchev–Trinajstić information content (AvgIpc) is 2.87. The summed E-state index contributed by atoms with van der Waals surface area (Å²) in [6.07, 6.45) is 1.08. The van der Waals surface area contributed by atoms with E-state index >= 15 is 0 Å². The molecule has 1 aliphatic heterocycles. The Kier molecular flexibility index (Phi) is 5.34. The highest BCUT2D eigenvalue weighted by Gasteiger charge is 2.15. The van der Waals surface area contributed by atoms with E-state index < -0.39 is 0 Å². The molecule has 0 spiro atoms. The molecule has 4 nitrogen and oxygen atoms in total. The molecule has 2 heterocycles. The maximum atomic E-state index is 12.2. The lowest BCUT2D eigenvalue weighted by atomic mass is 10.2. The monoisotopic (exact) mass is 333 g/mol. The van der Waals surface area contributed by atoms with Crippen LogP contribution in [0.4, 0.5) is 4.79 Å². The van der Waals surface area contributed by atoms with Crippen molar-refractivity contribution in [3.8, 4) is 11.3 Å². The summed E-state index contributed by atoms with van der Waals surface area (Å²) in [5, 5.41) is 5.97. The second-order valence-corrected chi connectivity index (χ2v) is 7.27. The highest BCUT2D eigenvalue weighted by atomic mass is 32.2. The lowest BCUT2D eigenvalue weighted by molar-refractivity contribution is 0.201. The van der Waals surface area contributed by atoms with Crippen molar-refractivity contribution in [3.05, 3.63) is 40.7 Å². The summed E-state index contributed by atoms with van der Waals surface area (Å²) in [4.78, 5) is 18.7. The van der Waals surface area contributed by atoms with Crippen LogP contribution >= 0.6 is 23.1 Å². The normalized spacial score (nSPS) is 15.4. The summed E-state index contributed by atoms with van der Waals surface area (Å²) < 4.78 is 0. The van der Waals surface area contributed by atoms with Gasteiger partial charge in [-0.3, -0.25) is 0 Å². The fourth-order valence-electron chi connectivity index (χ4n) is 2.35. The number of urea groups is 1. The van der Waals surface area contributed by atoms with E-state index in [2.05, 4.69) is 10.3 Å². The highest BCUT2D eigenvalue weighted by molar-refractivity contribution is 7.99. The van der Waals surface area contributed by atoms with Gasteiger partial charge in [-0.25, -0.2) is 9.78 Å². The van der Waals surface area contributed by atoms with Gasteiger partial charge in [0.15, 0.2) is 0 Å². The number of amides is 2. The molecule has 116 valence electrons. The molecule has 0 radical (unpaired) electrons. The topological polar surface area (TPSA) is 45.2 Å². The van der Waals surface area contributed by atoms with Gasteiger partial charge in [0.25, 0.3) is 0 Å². The van der Waals surface area contributed by atoms with Crippen LogP contribution in [-0.2, 0) is 6.54 Å². The van der Waals surface area contributed by atoms with Crippen LogP contribution in [0.2, 0.25) is 0 Å². The summed E-state index contributed by atoms with van der Waals surface area (Å²) >= 11 is 3.51. The van der Waals surface area contributed by atoms with Crippen molar-refractivity contribution < 1.29 is 4.79 Å². The standard InChI is InChI=1S/C16H19N3OS2/c20-16(19-7-4-9-21-10-8-19)17-11-15-18-14(12-22-15)13-5-2-1-3-6-13/h1-3,5-6,12H,4,7-11H2,(H,17,20). The van der Waals surface area contributed by atoms with E-state index in [0.717, 1.165) is 47.3 Å². The summed E-state index contributed by atoms with van der Waals surface area (Å²) in [7, 11) is 0. The van der Waals surface area contributed by atoms with Crippen molar-refractivity contribution in [3.63, 3.8) is 0 Å². The molecule has 1 N–H and O–H groups in total. The first kappa shape index (κ1) is 15.4. The van der Waals surface area contributed by atoms with E-state index in [9.17, 15) is 4.79 Å². The third-order valence-corrected chi connectivity index (χ3v) is 5.42. The number of nitrogens with one attached hydrogen (secondary N) is 1. The van der Waals surface area contributed by atoms with Crippen LogP contribution in [0.1, 0.15) is 11.4 Å². The molecule has 2 amide bonds. The van der Waals surface area contributed by atoms with Gasteiger partial charge in [0.05, 0.1) is 12.2 Å². The van der Waals surface area contributed by atoms with E-state index in [0.29, 0.717) is 6.54 Å². The second kappa shape index (κ2) is 7.65. The molecule has 1 saturated heterocycles. The Morgan fingerprint density at radius 1 is 1.23 bits per heavy atom. The minimum absolute atomic E-state index is 0.0268. The van der Waals surface area contributed by atoms with Gasteiger partial charge in [0.1, 0.15) is 5.01 Å². The molecule has 3 rings (SSSR count). The fraction of sp³-hybridized carbons (Fsp3) is 0.375. The zero-order chi connectivity index (χ0) is 15.2. The van der Waals surface area contributed by atoms with Crippen molar-refractivity contribution in [2.24, 2.45) is 0 Å². The number of carbonyl (C=O) groups excluding carboxylic acids is 1. The van der Waals surface area contributed by atoms with Crippen molar-refractivity contribution in [2.45, 2.75) is 13.0 Å². The Labute approximate surface area is 138 Å². The van der Waals surface area contributed by atoms with Crippen LogP contribution in [0.25, 0.3) is 11.3 Å². The van der Waals surface area contributed by atoms with Crippen LogP contribution in [0.3, 0.4) is 0 Å². The first-order valence-electron chi connectivity index (χ1n) is 7.43. The number of rotatable bonds is 3. The summed E-state index contributed by atoms with van der Waals surface area (Å²) in [5.41, 5.74) is 2.09. The minimum atomic E-state index is 0.0268. The second-order valence-electron chi connectivity index (χ2n) is 5.10. The number of benzene rings is 1. The Hall–Kier alpha value is -1.53. The molecule has 6 heteroatoms. The van der Waals surface area contributed by atoms with Crippen LogP contribution < -0.4 is 5.32 Å². The zero-order valence-electron chi connectivity index (χ0n) is 12.3. The van der Waals surface area contributed by atoms with E-state index in [1.807, 2.05) is 52.4 Å². The number of thioether (sulfide) groups is 1. The Morgan fingerprint density at radius 2 is 2.09 bits per heavy atom. The van der Waals surface area contributed by atoms with Crippen molar-refractivity contribution in [1.29, 1.82) is 0 Å². The predicted molar refractivity (Wildman–Crippen MR) is 93.3 cm³/mol. The number of hydrogen-bond donors (Lipinski definition) is 1. The van der Waals surface area contributed by atoms with Gasteiger partial charge in [-0.2, -0.15) is 11.8 Å². The third-order valence-electron chi connectivity index (χ3n) is 3.52. The fourth-order valence-corrected chi connectivity index (χ4v) is 3.98. The van der Waals surface area contributed by atoms with Gasteiger partial charge < -0.3 is 10.2 Å². The largest absolute Gasteiger partial charge is 0.331 e. The Morgan fingerprint density at radius 3 is 2.95 bits per heavy atom. The molecule has 0 atom stereocenters. The van der Waals surface area contributed by atoms with Crippen molar-refractivity contribution in [2.75, 3.05) is 24.6 Å². The molecule has 0 unspecified atom stereocenters. The van der Waals surface area contributed by atoms with Gasteiger partial charge in [0, 0.05) is 29.8 Å². The number of hydrogen-bond acceptors (Lipinski definition) is 4. The number of thiazole rings is 1.